The van der Waals surface area contributed by atoms with E-state index in [4.69, 9.17) is 9.05 Å². The van der Waals surface area contributed by atoms with Crippen LogP contribution in [0, 0.1) is 0 Å². The maximum Gasteiger partial charge on any atom is 0.257 e. The molecule has 3 rings (SSSR count). The van der Waals surface area contributed by atoms with Gasteiger partial charge >= 0.3 is 0 Å². The van der Waals surface area contributed by atoms with Gasteiger partial charge in [0, 0.05) is 25.1 Å². The van der Waals surface area contributed by atoms with Gasteiger partial charge in [-0.05, 0) is 17.7 Å². The molecule has 1 N–H and O–H groups in total. The summed E-state index contributed by atoms with van der Waals surface area (Å²) in [5, 5.41) is 10.3. The number of amides is 1. The Morgan fingerprint density at radius 2 is 2.18 bits per heavy atom. The predicted molar refractivity (Wildman–Crippen MR) is 76.6 cm³/mol. The quantitative estimate of drug-likeness (QED) is 0.773. The van der Waals surface area contributed by atoms with Gasteiger partial charge in [-0.1, -0.05) is 22.4 Å². The lowest BCUT2D eigenvalue weighted by molar-refractivity contribution is -0.119. The lowest BCUT2D eigenvalue weighted by Gasteiger charge is -2.03. The average Bonchev–Trinajstić information content (AvgIpc) is 3.18. The van der Waals surface area contributed by atoms with E-state index in [1.54, 1.807) is 12.3 Å². The fourth-order valence-corrected chi connectivity index (χ4v) is 1.97. The molecule has 0 saturated heterocycles. The summed E-state index contributed by atoms with van der Waals surface area (Å²) in [7, 11) is 0. The molecule has 3 aromatic rings. The van der Waals surface area contributed by atoms with Gasteiger partial charge in [0.15, 0.2) is 5.82 Å². The lowest BCUT2D eigenvalue weighted by Crippen LogP contribution is -2.18. The third-order valence-electron chi connectivity index (χ3n) is 3.01. The van der Waals surface area contributed by atoms with E-state index in [0.717, 1.165) is 11.1 Å². The highest BCUT2D eigenvalue weighted by molar-refractivity contribution is 5.72. The monoisotopic (exact) mass is 298 g/mol. The third-order valence-corrected chi connectivity index (χ3v) is 3.01. The number of hydrogen-bond donors (Lipinski definition) is 1. The zero-order chi connectivity index (χ0) is 15.4. The van der Waals surface area contributed by atoms with Crippen molar-refractivity contribution in [2.24, 2.45) is 0 Å². The van der Waals surface area contributed by atoms with Crippen LogP contribution in [-0.4, -0.2) is 21.2 Å². The summed E-state index contributed by atoms with van der Waals surface area (Å²) in [5.74, 6) is 1.56. The Morgan fingerprint density at radius 3 is 2.95 bits per heavy atom. The molecule has 1 amide bonds. The van der Waals surface area contributed by atoms with Gasteiger partial charge in [-0.3, -0.25) is 4.79 Å². The van der Waals surface area contributed by atoms with E-state index in [-0.39, 0.29) is 5.91 Å². The standard InChI is InChI=1S/C15H14N4O3/c1-10(20)16-9-11-3-2-4-12(7-11)15-18-14(19-22-15)8-13-5-6-17-21-13/h2-7H,8-9H2,1H3,(H,16,20). The van der Waals surface area contributed by atoms with Gasteiger partial charge in [0.2, 0.25) is 5.91 Å². The van der Waals surface area contributed by atoms with Crippen LogP contribution in [-0.2, 0) is 17.8 Å². The number of hydrogen-bond acceptors (Lipinski definition) is 6. The molecule has 0 aliphatic carbocycles. The van der Waals surface area contributed by atoms with Crippen LogP contribution in [0.15, 0.2) is 45.6 Å². The van der Waals surface area contributed by atoms with E-state index in [9.17, 15) is 4.79 Å². The molecular formula is C15H14N4O3. The highest BCUT2D eigenvalue weighted by Crippen LogP contribution is 2.19. The summed E-state index contributed by atoms with van der Waals surface area (Å²) in [5.41, 5.74) is 1.77. The van der Waals surface area contributed by atoms with Crippen LogP contribution >= 0.6 is 0 Å². The van der Waals surface area contributed by atoms with Gasteiger partial charge in [0.05, 0.1) is 12.6 Å². The average molecular weight is 298 g/mol. The van der Waals surface area contributed by atoms with Crippen LogP contribution in [0.2, 0.25) is 0 Å². The van der Waals surface area contributed by atoms with Crippen molar-refractivity contribution in [1.82, 2.24) is 20.6 Å². The summed E-state index contributed by atoms with van der Waals surface area (Å²) in [6.45, 7) is 1.94. The molecule has 0 unspecified atom stereocenters. The maximum absolute atomic E-state index is 11.0. The van der Waals surface area contributed by atoms with Gasteiger partial charge in [0.1, 0.15) is 5.76 Å². The molecule has 0 saturated carbocycles. The smallest absolute Gasteiger partial charge is 0.257 e. The van der Waals surface area contributed by atoms with E-state index >= 15 is 0 Å². The largest absolute Gasteiger partial charge is 0.361 e. The zero-order valence-corrected chi connectivity index (χ0v) is 11.9. The molecule has 0 fully saturated rings. The van der Waals surface area contributed by atoms with Crippen LogP contribution < -0.4 is 5.32 Å². The zero-order valence-electron chi connectivity index (χ0n) is 11.9. The van der Waals surface area contributed by atoms with E-state index in [1.165, 1.54) is 6.92 Å². The number of nitrogens with zero attached hydrogens (tertiary/aromatic N) is 3. The Labute approximate surface area is 126 Å². The van der Waals surface area contributed by atoms with Crippen molar-refractivity contribution in [3.63, 3.8) is 0 Å². The molecule has 0 spiro atoms. The van der Waals surface area contributed by atoms with Gasteiger partial charge in [-0.25, -0.2) is 0 Å². The second-order valence-corrected chi connectivity index (χ2v) is 4.78. The fourth-order valence-electron chi connectivity index (χ4n) is 1.97. The minimum Gasteiger partial charge on any atom is -0.361 e. The summed E-state index contributed by atoms with van der Waals surface area (Å²) >= 11 is 0. The summed E-state index contributed by atoms with van der Waals surface area (Å²) in [6.07, 6.45) is 2.00. The molecular weight excluding hydrogens is 284 g/mol. The first-order chi connectivity index (χ1) is 10.7. The van der Waals surface area contributed by atoms with Crippen molar-refractivity contribution < 1.29 is 13.8 Å². The highest BCUT2D eigenvalue weighted by Gasteiger charge is 2.11. The summed E-state index contributed by atoms with van der Waals surface area (Å²) in [4.78, 5) is 15.3. The normalized spacial score (nSPS) is 10.6. The third kappa shape index (κ3) is 3.38. The Morgan fingerprint density at radius 1 is 1.27 bits per heavy atom. The van der Waals surface area contributed by atoms with Crippen molar-refractivity contribution in [2.75, 3.05) is 0 Å². The molecule has 1 aromatic carbocycles. The molecule has 0 atom stereocenters. The van der Waals surface area contributed by atoms with E-state index < -0.39 is 0 Å². The topological polar surface area (TPSA) is 94.1 Å². The Bertz CT molecular complexity index is 765. The second kappa shape index (κ2) is 6.21. The first-order valence-corrected chi connectivity index (χ1v) is 6.76. The van der Waals surface area contributed by atoms with Crippen LogP contribution in [0.1, 0.15) is 24.1 Å². The van der Waals surface area contributed by atoms with Gasteiger partial charge in [-0.2, -0.15) is 4.98 Å². The first-order valence-electron chi connectivity index (χ1n) is 6.76. The Kier molecular flexibility index (Phi) is 3.95. The van der Waals surface area contributed by atoms with Crippen molar-refractivity contribution >= 4 is 5.91 Å². The molecule has 0 radical (unpaired) electrons. The molecule has 7 nitrogen and oxygen atoms in total. The number of aromatic nitrogens is 3. The van der Waals surface area contributed by atoms with Crippen LogP contribution in [0.4, 0.5) is 0 Å². The number of benzene rings is 1. The second-order valence-electron chi connectivity index (χ2n) is 4.78. The number of rotatable bonds is 5. The molecule has 0 aliphatic heterocycles. The molecule has 2 heterocycles. The van der Waals surface area contributed by atoms with Crippen molar-refractivity contribution in [3.8, 4) is 11.5 Å². The minimum absolute atomic E-state index is 0.0717. The van der Waals surface area contributed by atoms with Crippen molar-refractivity contribution in [3.05, 3.63) is 53.7 Å². The number of carbonyl (C=O) groups excluding carboxylic acids is 1. The Balaban J connectivity index is 1.75. The predicted octanol–water partition coefficient (Wildman–Crippen LogP) is 1.95. The molecule has 2 aromatic heterocycles. The molecule has 0 bridgehead atoms. The highest BCUT2D eigenvalue weighted by atomic mass is 16.5. The van der Waals surface area contributed by atoms with Crippen LogP contribution in [0.5, 0.6) is 0 Å². The first kappa shape index (κ1) is 14.0. The number of nitrogens with one attached hydrogen (secondary N) is 1. The van der Waals surface area contributed by atoms with Crippen LogP contribution in [0.3, 0.4) is 0 Å². The molecule has 112 valence electrons. The molecule has 7 heteroatoms. The summed E-state index contributed by atoms with van der Waals surface area (Å²) < 4.78 is 10.3. The van der Waals surface area contributed by atoms with Crippen LogP contribution in [0.25, 0.3) is 11.5 Å². The van der Waals surface area contributed by atoms with Crippen molar-refractivity contribution in [1.29, 1.82) is 0 Å². The van der Waals surface area contributed by atoms with E-state index in [1.807, 2.05) is 24.3 Å². The molecule has 0 aliphatic rings. The minimum atomic E-state index is -0.0717. The van der Waals surface area contributed by atoms with E-state index in [2.05, 4.69) is 20.6 Å². The Hall–Kier alpha value is -2.96. The van der Waals surface area contributed by atoms with Gasteiger partial charge in [0.25, 0.3) is 5.89 Å². The maximum atomic E-state index is 11.0. The molecule has 22 heavy (non-hydrogen) atoms. The van der Waals surface area contributed by atoms with E-state index in [0.29, 0.717) is 30.4 Å². The SMILES string of the molecule is CC(=O)NCc1cccc(-c2nc(Cc3ccno3)no2)c1. The number of carbonyl (C=O) groups is 1. The van der Waals surface area contributed by atoms with Gasteiger partial charge in [-0.15, -0.1) is 0 Å². The fraction of sp³-hybridized carbons (Fsp3) is 0.200. The summed E-state index contributed by atoms with van der Waals surface area (Å²) in [6, 6.07) is 9.34. The lowest BCUT2D eigenvalue weighted by atomic mass is 10.1. The van der Waals surface area contributed by atoms with Gasteiger partial charge < -0.3 is 14.4 Å². The van der Waals surface area contributed by atoms with Crippen molar-refractivity contribution in [2.45, 2.75) is 19.9 Å².